The minimum Gasteiger partial charge on any atom is -0.451 e. The second kappa shape index (κ2) is 9.55. The predicted molar refractivity (Wildman–Crippen MR) is 120 cm³/mol. The van der Waals surface area contributed by atoms with Gasteiger partial charge in [0.05, 0.1) is 5.39 Å². The number of esters is 1. The predicted octanol–water partition coefficient (Wildman–Crippen LogP) is 4.03. The summed E-state index contributed by atoms with van der Waals surface area (Å²) in [4.78, 5) is 37.8. The molecule has 31 heavy (non-hydrogen) atoms. The van der Waals surface area contributed by atoms with Gasteiger partial charge in [0.1, 0.15) is 0 Å². The van der Waals surface area contributed by atoms with E-state index in [-0.39, 0.29) is 17.2 Å². The molecule has 3 rings (SSSR count). The van der Waals surface area contributed by atoms with E-state index in [1.807, 2.05) is 45.9 Å². The Morgan fingerprint density at radius 1 is 1.10 bits per heavy atom. The van der Waals surface area contributed by atoms with Crippen LogP contribution < -0.4 is 10.9 Å². The summed E-state index contributed by atoms with van der Waals surface area (Å²) in [5.74, 6) is -0.950. The molecule has 0 aliphatic rings. The zero-order valence-electron chi connectivity index (χ0n) is 18.3. The van der Waals surface area contributed by atoms with Gasteiger partial charge in [-0.1, -0.05) is 57.2 Å². The Balaban J connectivity index is 1.80. The summed E-state index contributed by atoms with van der Waals surface area (Å²) in [6, 6.07) is 12.6. The van der Waals surface area contributed by atoms with E-state index in [4.69, 9.17) is 4.74 Å². The third-order valence-corrected chi connectivity index (χ3v) is 5.02. The number of aromatic nitrogens is 2. The first-order valence-electron chi connectivity index (χ1n) is 10.4. The fourth-order valence-corrected chi connectivity index (χ4v) is 3.47. The number of para-hydroxylation sites is 1. The van der Waals surface area contributed by atoms with E-state index in [1.165, 1.54) is 4.68 Å². The van der Waals surface area contributed by atoms with Crippen LogP contribution in [-0.4, -0.2) is 28.3 Å². The van der Waals surface area contributed by atoms with E-state index in [1.54, 1.807) is 24.3 Å². The molecule has 0 aliphatic carbocycles. The number of aryl methyl sites for hydroxylation is 2. The Bertz CT molecular complexity index is 1180. The van der Waals surface area contributed by atoms with Gasteiger partial charge in [0.15, 0.2) is 12.3 Å². The Morgan fingerprint density at radius 3 is 2.48 bits per heavy atom. The molecule has 0 atom stereocenters. The lowest BCUT2D eigenvalue weighted by atomic mass is 9.98. The normalized spacial score (nSPS) is 11.0. The largest absolute Gasteiger partial charge is 0.451 e. The van der Waals surface area contributed by atoms with E-state index in [0.29, 0.717) is 23.7 Å². The second-order valence-corrected chi connectivity index (χ2v) is 7.74. The second-order valence-electron chi connectivity index (χ2n) is 7.74. The van der Waals surface area contributed by atoms with Crippen molar-refractivity contribution >= 4 is 28.3 Å². The molecule has 0 saturated carbocycles. The molecule has 3 aromatic rings. The number of fused-ring (bicyclic) bond motifs is 1. The average Bonchev–Trinajstić information content (AvgIpc) is 2.75. The summed E-state index contributed by atoms with van der Waals surface area (Å²) in [5, 5.41) is 7.86. The van der Waals surface area contributed by atoms with Crippen molar-refractivity contribution in [2.75, 3.05) is 11.9 Å². The number of ether oxygens (including phenoxy) is 1. The lowest BCUT2D eigenvalue weighted by Gasteiger charge is -2.16. The van der Waals surface area contributed by atoms with Gasteiger partial charge < -0.3 is 10.1 Å². The van der Waals surface area contributed by atoms with E-state index >= 15 is 0 Å². The van der Waals surface area contributed by atoms with Gasteiger partial charge in [-0.15, -0.1) is 0 Å². The highest BCUT2D eigenvalue weighted by atomic mass is 16.5. The molecule has 0 unspecified atom stereocenters. The van der Waals surface area contributed by atoms with Crippen molar-refractivity contribution in [1.29, 1.82) is 0 Å². The smallest absolute Gasteiger partial charge is 0.359 e. The van der Waals surface area contributed by atoms with E-state index in [2.05, 4.69) is 10.4 Å². The third-order valence-electron chi connectivity index (χ3n) is 5.02. The molecule has 7 nitrogen and oxygen atoms in total. The van der Waals surface area contributed by atoms with Gasteiger partial charge in [0.25, 0.3) is 11.5 Å². The van der Waals surface area contributed by atoms with Crippen molar-refractivity contribution in [3.63, 3.8) is 0 Å². The number of benzene rings is 2. The van der Waals surface area contributed by atoms with Crippen LogP contribution in [0, 0.1) is 6.92 Å². The van der Waals surface area contributed by atoms with Crippen molar-refractivity contribution in [1.82, 2.24) is 9.78 Å². The number of rotatable bonds is 7. The van der Waals surface area contributed by atoms with Gasteiger partial charge >= 0.3 is 5.97 Å². The van der Waals surface area contributed by atoms with Gasteiger partial charge in [0.2, 0.25) is 0 Å². The maximum Gasteiger partial charge on any atom is 0.359 e. The first kappa shape index (κ1) is 22.2. The van der Waals surface area contributed by atoms with Crippen LogP contribution in [0.1, 0.15) is 54.7 Å². The SMILES string of the molecule is CCCn1nc(C(=O)OCC(=O)Nc2c(C)cccc2C(C)C)c2ccccc2c1=O. The fourth-order valence-electron chi connectivity index (χ4n) is 3.47. The lowest BCUT2D eigenvalue weighted by molar-refractivity contribution is -0.119. The molecule has 2 aromatic carbocycles. The summed E-state index contributed by atoms with van der Waals surface area (Å²) in [7, 11) is 0. The van der Waals surface area contributed by atoms with Crippen LogP contribution in [0.2, 0.25) is 0 Å². The molecule has 1 heterocycles. The van der Waals surface area contributed by atoms with Gasteiger partial charge in [-0.3, -0.25) is 9.59 Å². The molecular weight excluding hydrogens is 394 g/mol. The van der Waals surface area contributed by atoms with E-state index in [0.717, 1.165) is 16.8 Å². The summed E-state index contributed by atoms with van der Waals surface area (Å²) in [5.41, 5.74) is 2.45. The number of hydrogen-bond donors (Lipinski definition) is 1. The maximum absolute atomic E-state index is 12.7. The number of nitrogens with zero attached hydrogens (tertiary/aromatic N) is 2. The summed E-state index contributed by atoms with van der Waals surface area (Å²) in [6.45, 7) is 7.87. The molecule has 0 aliphatic heterocycles. The standard InChI is InChI=1S/C24H27N3O4/c1-5-13-27-23(29)19-11-7-6-10-18(19)22(26-27)24(30)31-14-20(28)25-21-16(4)9-8-12-17(21)15(2)3/h6-12,15H,5,13-14H2,1-4H3,(H,25,28). The number of nitrogens with one attached hydrogen (secondary N) is 1. The molecule has 0 radical (unpaired) electrons. The van der Waals surface area contributed by atoms with Crippen molar-refractivity contribution in [3.05, 3.63) is 69.6 Å². The first-order valence-corrected chi connectivity index (χ1v) is 10.4. The Kier molecular flexibility index (Phi) is 6.84. The lowest BCUT2D eigenvalue weighted by Crippen LogP contribution is -2.28. The average molecular weight is 421 g/mol. The summed E-state index contributed by atoms with van der Waals surface area (Å²) in [6.07, 6.45) is 0.691. The molecule has 0 spiro atoms. The minimum absolute atomic E-state index is 0.0233. The molecule has 1 N–H and O–H groups in total. The highest BCUT2D eigenvalue weighted by molar-refractivity contribution is 6.03. The van der Waals surface area contributed by atoms with Crippen LogP contribution in [0.25, 0.3) is 10.8 Å². The van der Waals surface area contributed by atoms with Crippen molar-refractivity contribution < 1.29 is 14.3 Å². The molecule has 162 valence electrons. The van der Waals surface area contributed by atoms with Crippen LogP contribution in [0.15, 0.2) is 47.3 Å². The van der Waals surface area contributed by atoms with Crippen LogP contribution in [0.4, 0.5) is 5.69 Å². The van der Waals surface area contributed by atoms with Crippen LogP contribution in [-0.2, 0) is 16.1 Å². The molecule has 0 bridgehead atoms. The Morgan fingerprint density at radius 2 is 1.81 bits per heavy atom. The zero-order chi connectivity index (χ0) is 22.5. The van der Waals surface area contributed by atoms with Crippen molar-refractivity contribution in [3.8, 4) is 0 Å². The first-order chi connectivity index (χ1) is 14.8. The Hall–Kier alpha value is -3.48. The quantitative estimate of drug-likeness (QED) is 0.582. The van der Waals surface area contributed by atoms with Gasteiger partial charge in [-0.05, 0) is 36.5 Å². The van der Waals surface area contributed by atoms with Crippen LogP contribution in [0.5, 0.6) is 0 Å². The summed E-state index contributed by atoms with van der Waals surface area (Å²) < 4.78 is 6.52. The number of anilines is 1. The fraction of sp³-hybridized carbons (Fsp3) is 0.333. The molecule has 0 fully saturated rings. The number of carbonyl (C=O) groups is 2. The number of hydrogen-bond acceptors (Lipinski definition) is 5. The number of amides is 1. The molecule has 1 aromatic heterocycles. The zero-order valence-corrected chi connectivity index (χ0v) is 18.3. The topological polar surface area (TPSA) is 90.3 Å². The van der Waals surface area contributed by atoms with Crippen molar-refractivity contribution in [2.24, 2.45) is 0 Å². The van der Waals surface area contributed by atoms with Gasteiger partial charge in [0, 0.05) is 17.6 Å². The highest BCUT2D eigenvalue weighted by Gasteiger charge is 2.19. The molecule has 7 heteroatoms. The van der Waals surface area contributed by atoms with E-state index in [9.17, 15) is 14.4 Å². The van der Waals surface area contributed by atoms with Crippen molar-refractivity contribution in [2.45, 2.75) is 46.6 Å². The number of carbonyl (C=O) groups excluding carboxylic acids is 2. The summed E-state index contributed by atoms with van der Waals surface area (Å²) >= 11 is 0. The molecule has 0 saturated heterocycles. The molecular formula is C24H27N3O4. The monoisotopic (exact) mass is 421 g/mol. The highest BCUT2D eigenvalue weighted by Crippen LogP contribution is 2.27. The molecule has 1 amide bonds. The van der Waals surface area contributed by atoms with Crippen LogP contribution >= 0.6 is 0 Å². The Labute approximate surface area is 181 Å². The third kappa shape index (κ3) is 4.82. The van der Waals surface area contributed by atoms with Gasteiger partial charge in [-0.25, -0.2) is 9.48 Å². The minimum atomic E-state index is -0.745. The van der Waals surface area contributed by atoms with Gasteiger partial charge in [-0.2, -0.15) is 5.10 Å². The van der Waals surface area contributed by atoms with Crippen LogP contribution in [0.3, 0.4) is 0 Å². The maximum atomic E-state index is 12.7. The van der Waals surface area contributed by atoms with E-state index < -0.39 is 18.5 Å².